The molecule has 0 aliphatic heterocycles. The van der Waals surface area contributed by atoms with Gasteiger partial charge in [0.15, 0.2) is 0 Å². The van der Waals surface area contributed by atoms with Gasteiger partial charge >= 0.3 is 0 Å². The summed E-state index contributed by atoms with van der Waals surface area (Å²) in [6.45, 7) is 4.73. The van der Waals surface area contributed by atoms with Crippen molar-refractivity contribution in [2.45, 2.75) is 25.9 Å². The zero-order chi connectivity index (χ0) is 11.4. The molecule has 16 heavy (non-hydrogen) atoms. The molecule has 5 heteroatoms. The van der Waals surface area contributed by atoms with Gasteiger partial charge in [0.1, 0.15) is 6.26 Å². The molecular weight excluding hydrogens is 206 g/mol. The van der Waals surface area contributed by atoms with Gasteiger partial charge in [0.25, 0.3) is 0 Å². The highest BCUT2D eigenvalue weighted by molar-refractivity contribution is 5.09. The van der Waals surface area contributed by atoms with Crippen LogP contribution in [0.15, 0.2) is 29.4 Å². The smallest absolute Gasteiger partial charge is 0.129 e. The number of hydrogen-bond donors (Lipinski definition) is 1. The quantitative estimate of drug-likeness (QED) is 0.841. The van der Waals surface area contributed by atoms with E-state index in [9.17, 15) is 0 Å². The average Bonchev–Trinajstić information content (AvgIpc) is 2.95. The van der Waals surface area contributed by atoms with Crippen molar-refractivity contribution in [2.24, 2.45) is 0 Å². The third kappa shape index (κ3) is 2.49. The van der Waals surface area contributed by atoms with Gasteiger partial charge in [-0.05, 0) is 12.5 Å². The lowest BCUT2D eigenvalue weighted by molar-refractivity contribution is 0.0571. The minimum atomic E-state index is 0.000557. The number of H-pyrrole nitrogens is 1. The minimum Gasteiger partial charge on any atom is -0.373 e. The Labute approximate surface area is 93.8 Å². The molecule has 0 aromatic carbocycles. The van der Waals surface area contributed by atoms with Crippen molar-refractivity contribution in [3.63, 3.8) is 0 Å². The van der Waals surface area contributed by atoms with Crippen LogP contribution >= 0.6 is 0 Å². The molecule has 0 fully saturated rings. The predicted molar refractivity (Wildman–Crippen MR) is 57.9 cm³/mol. The second kappa shape index (κ2) is 4.94. The van der Waals surface area contributed by atoms with Gasteiger partial charge in [0, 0.05) is 17.7 Å². The molecular formula is C11H15N3O2. The van der Waals surface area contributed by atoms with Crippen LogP contribution in [0.25, 0.3) is 0 Å². The molecule has 5 nitrogen and oxygen atoms in total. The third-order valence-corrected chi connectivity index (χ3v) is 2.61. The lowest BCUT2D eigenvalue weighted by atomic mass is 10.1. The fourth-order valence-corrected chi connectivity index (χ4v) is 1.43. The summed E-state index contributed by atoms with van der Waals surface area (Å²) >= 11 is 0. The van der Waals surface area contributed by atoms with Gasteiger partial charge < -0.3 is 9.26 Å². The third-order valence-electron chi connectivity index (χ3n) is 2.61. The van der Waals surface area contributed by atoms with Crippen molar-refractivity contribution in [3.8, 4) is 0 Å². The zero-order valence-corrected chi connectivity index (χ0v) is 9.38. The van der Waals surface area contributed by atoms with Crippen LogP contribution in [0.2, 0.25) is 0 Å². The normalized spacial score (nSPS) is 14.9. The number of aromatic nitrogens is 3. The molecule has 86 valence electrons. The fourth-order valence-electron chi connectivity index (χ4n) is 1.43. The molecule has 0 saturated carbocycles. The van der Waals surface area contributed by atoms with E-state index in [2.05, 4.69) is 22.3 Å². The number of nitrogens with one attached hydrogen (secondary N) is 1. The summed E-state index contributed by atoms with van der Waals surface area (Å²) in [6.07, 6.45) is 6.98. The van der Waals surface area contributed by atoms with Crippen LogP contribution in [0.1, 0.15) is 37.0 Å². The van der Waals surface area contributed by atoms with E-state index in [0.29, 0.717) is 12.5 Å². The van der Waals surface area contributed by atoms with Gasteiger partial charge in [-0.2, -0.15) is 5.10 Å². The van der Waals surface area contributed by atoms with Crippen molar-refractivity contribution >= 4 is 0 Å². The molecule has 0 aliphatic carbocycles. The highest BCUT2D eigenvalue weighted by Gasteiger charge is 2.12. The Bertz CT molecular complexity index is 357. The second-order valence-corrected chi connectivity index (χ2v) is 3.87. The molecule has 2 aromatic rings. The van der Waals surface area contributed by atoms with E-state index in [0.717, 1.165) is 11.1 Å². The van der Waals surface area contributed by atoms with Gasteiger partial charge in [-0.3, -0.25) is 5.10 Å². The summed E-state index contributed by atoms with van der Waals surface area (Å²) in [7, 11) is 0. The van der Waals surface area contributed by atoms with Crippen molar-refractivity contribution in [1.82, 2.24) is 15.4 Å². The van der Waals surface area contributed by atoms with Crippen LogP contribution in [0.5, 0.6) is 0 Å². The van der Waals surface area contributed by atoms with E-state index >= 15 is 0 Å². The number of nitrogens with zero attached hydrogens (tertiary/aromatic N) is 2. The maximum Gasteiger partial charge on any atom is 0.129 e. The number of aromatic amines is 1. The highest BCUT2D eigenvalue weighted by atomic mass is 16.5. The Balaban J connectivity index is 1.84. The van der Waals surface area contributed by atoms with Gasteiger partial charge in [-0.25, -0.2) is 0 Å². The SMILES string of the molecule is CC(COC(C)c1cnoc1)c1cn[nH]c1. The van der Waals surface area contributed by atoms with Gasteiger partial charge in [-0.1, -0.05) is 12.1 Å². The Morgan fingerprint density at radius 1 is 1.38 bits per heavy atom. The summed E-state index contributed by atoms with van der Waals surface area (Å²) in [4.78, 5) is 0. The monoisotopic (exact) mass is 221 g/mol. The lowest BCUT2D eigenvalue weighted by Gasteiger charge is -2.14. The van der Waals surface area contributed by atoms with Gasteiger partial charge in [0.2, 0.25) is 0 Å². The lowest BCUT2D eigenvalue weighted by Crippen LogP contribution is -2.07. The molecule has 2 atom stereocenters. The molecule has 2 aromatic heterocycles. The van der Waals surface area contributed by atoms with E-state index in [1.165, 1.54) is 0 Å². The standard InChI is InChI=1S/C11H15N3O2/c1-8(10-3-12-13-4-10)6-15-9(2)11-5-14-16-7-11/h3-5,7-9H,6H2,1-2H3,(H,12,13). The zero-order valence-electron chi connectivity index (χ0n) is 9.38. The maximum atomic E-state index is 5.73. The summed E-state index contributed by atoms with van der Waals surface area (Å²) in [5.41, 5.74) is 2.11. The molecule has 2 heterocycles. The first kappa shape index (κ1) is 10.9. The number of rotatable bonds is 5. The molecule has 0 spiro atoms. The summed E-state index contributed by atoms with van der Waals surface area (Å²) in [5, 5.41) is 10.4. The summed E-state index contributed by atoms with van der Waals surface area (Å²) in [6, 6.07) is 0. The van der Waals surface area contributed by atoms with E-state index in [1.54, 1.807) is 12.5 Å². The first-order chi connectivity index (χ1) is 7.77. The molecule has 0 radical (unpaired) electrons. The number of ether oxygens (including phenoxy) is 1. The largest absolute Gasteiger partial charge is 0.373 e. The van der Waals surface area contributed by atoms with Crippen LogP contribution in [0.4, 0.5) is 0 Å². The van der Waals surface area contributed by atoms with Crippen molar-refractivity contribution in [3.05, 3.63) is 36.0 Å². The number of hydrogen-bond acceptors (Lipinski definition) is 4. The predicted octanol–water partition coefficient (Wildman–Crippen LogP) is 2.28. The van der Waals surface area contributed by atoms with Crippen molar-refractivity contribution in [1.29, 1.82) is 0 Å². The second-order valence-electron chi connectivity index (χ2n) is 3.87. The van der Waals surface area contributed by atoms with Crippen LogP contribution in [0, 0.1) is 0 Å². The topological polar surface area (TPSA) is 63.9 Å². The van der Waals surface area contributed by atoms with Crippen LogP contribution in [0.3, 0.4) is 0 Å². The van der Waals surface area contributed by atoms with Crippen LogP contribution in [-0.4, -0.2) is 22.0 Å². The molecule has 0 amide bonds. The van der Waals surface area contributed by atoms with Gasteiger partial charge in [0.05, 0.1) is 25.1 Å². The average molecular weight is 221 g/mol. The van der Waals surface area contributed by atoms with Crippen LogP contribution < -0.4 is 0 Å². The van der Waals surface area contributed by atoms with Crippen LogP contribution in [-0.2, 0) is 4.74 Å². The summed E-state index contributed by atoms with van der Waals surface area (Å²) < 4.78 is 10.5. The molecule has 2 rings (SSSR count). The fraction of sp³-hybridized carbons (Fsp3) is 0.455. The Morgan fingerprint density at radius 3 is 2.88 bits per heavy atom. The first-order valence-electron chi connectivity index (χ1n) is 5.27. The Hall–Kier alpha value is -1.62. The van der Waals surface area contributed by atoms with E-state index < -0.39 is 0 Å². The maximum absolute atomic E-state index is 5.73. The Morgan fingerprint density at radius 2 is 2.25 bits per heavy atom. The highest BCUT2D eigenvalue weighted by Crippen LogP contribution is 2.20. The van der Waals surface area contributed by atoms with Gasteiger partial charge in [-0.15, -0.1) is 0 Å². The minimum absolute atomic E-state index is 0.000557. The Kier molecular flexibility index (Phi) is 3.36. The molecule has 2 unspecified atom stereocenters. The van der Waals surface area contributed by atoms with Crippen molar-refractivity contribution in [2.75, 3.05) is 6.61 Å². The molecule has 0 bridgehead atoms. The van der Waals surface area contributed by atoms with E-state index in [-0.39, 0.29) is 6.10 Å². The van der Waals surface area contributed by atoms with E-state index in [1.807, 2.05) is 19.3 Å². The molecule has 0 aliphatic rings. The molecule has 1 N–H and O–H groups in total. The summed E-state index contributed by atoms with van der Waals surface area (Å²) in [5.74, 6) is 0.320. The first-order valence-corrected chi connectivity index (χ1v) is 5.27. The van der Waals surface area contributed by atoms with E-state index in [4.69, 9.17) is 9.26 Å². The van der Waals surface area contributed by atoms with Crippen molar-refractivity contribution < 1.29 is 9.26 Å². The molecule has 0 saturated heterocycles.